The Kier molecular flexibility index (Phi) is 11.3. The average Bonchev–Trinajstić information content (AvgIpc) is 3.82. The highest BCUT2D eigenvalue weighted by molar-refractivity contribution is 6.03. The fraction of sp³-hybridized carbons (Fsp3) is 0.487. The normalized spacial score (nSPS) is 22.2. The number of nitrogens with zero attached hydrogens (tertiary/aromatic N) is 5. The van der Waals surface area contributed by atoms with Crippen molar-refractivity contribution in [3.63, 3.8) is 0 Å². The second-order valence-corrected chi connectivity index (χ2v) is 14.0. The lowest BCUT2D eigenvalue weighted by Crippen LogP contribution is -2.51. The minimum atomic E-state index is -0.755. The molecular formula is C39H45F3N6O3. The molecular weight excluding hydrogens is 657 g/mol. The Morgan fingerprint density at radius 1 is 1.12 bits per heavy atom. The van der Waals surface area contributed by atoms with Crippen LogP contribution in [-0.4, -0.2) is 83.9 Å². The van der Waals surface area contributed by atoms with E-state index in [2.05, 4.69) is 56.8 Å². The van der Waals surface area contributed by atoms with Crippen LogP contribution in [0, 0.1) is 29.9 Å². The van der Waals surface area contributed by atoms with E-state index >= 15 is 4.39 Å². The second kappa shape index (κ2) is 15.8. The Morgan fingerprint density at radius 2 is 1.86 bits per heavy atom. The predicted molar refractivity (Wildman–Crippen MR) is 193 cm³/mol. The van der Waals surface area contributed by atoms with Crippen LogP contribution in [0.4, 0.5) is 19.0 Å². The molecule has 6 heterocycles. The maximum Gasteiger partial charge on any atom is 0.318 e. The van der Waals surface area contributed by atoms with Crippen molar-refractivity contribution in [1.82, 2.24) is 25.2 Å². The van der Waals surface area contributed by atoms with Crippen molar-refractivity contribution in [2.45, 2.75) is 83.6 Å². The maximum atomic E-state index is 16.3. The van der Waals surface area contributed by atoms with E-state index in [0.717, 1.165) is 44.8 Å². The van der Waals surface area contributed by atoms with E-state index in [9.17, 15) is 13.6 Å². The molecule has 9 nitrogen and oxygen atoms in total. The molecule has 12 heteroatoms. The van der Waals surface area contributed by atoms with Gasteiger partial charge in [-0.15, -0.1) is 6.42 Å². The average molecular weight is 703 g/mol. The number of carbonyl (C=O) groups is 1. The molecule has 51 heavy (non-hydrogen) atoms. The van der Waals surface area contributed by atoms with Crippen LogP contribution in [0.5, 0.6) is 11.8 Å². The third-order valence-electron chi connectivity index (χ3n) is 10.2. The number of terminal acetylenes is 1. The molecule has 4 fully saturated rings. The molecule has 2 aromatic heterocycles. The summed E-state index contributed by atoms with van der Waals surface area (Å²) in [6, 6.07) is 6.90. The Morgan fingerprint density at radius 3 is 2.51 bits per heavy atom. The zero-order chi connectivity index (χ0) is 36.2. The monoisotopic (exact) mass is 702 g/mol. The summed E-state index contributed by atoms with van der Waals surface area (Å²) in [4.78, 5) is 28.7. The standard InChI is InChI=1S/C27H21F2N5O3.C7H12FN.C5H12/c1-3-18-21(28)7-4-14-8-17(37-13-35)9-19(22(14)18)24-23(29)25-20(10-30-24)26(33-27(32-25)36-2)34-11-15-5-6-16(12-34)31-15;8-6-4-7-2-1-3-9(7)5-6;1-4-5(2)3/h1,4,7-10,13,15-16,31H,5-6,11-12H2,2H3;6-7H,1-5H2;5H,4H2,1-3H3/t;6-,7?;/m.1./s1. The van der Waals surface area contributed by atoms with E-state index in [1.165, 1.54) is 56.8 Å². The van der Waals surface area contributed by atoms with Crippen molar-refractivity contribution >= 4 is 34.0 Å². The van der Waals surface area contributed by atoms with Crippen molar-refractivity contribution in [3.05, 3.63) is 47.7 Å². The van der Waals surface area contributed by atoms with Gasteiger partial charge in [0.05, 0.1) is 18.1 Å². The first-order valence-corrected chi connectivity index (χ1v) is 17.8. The quantitative estimate of drug-likeness (QED) is 0.171. The predicted octanol–water partition coefficient (Wildman–Crippen LogP) is 6.83. The molecule has 4 aromatic rings. The number of alkyl halides is 1. The van der Waals surface area contributed by atoms with Crippen molar-refractivity contribution in [1.29, 1.82) is 0 Å². The summed E-state index contributed by atoms with van der Waals surface area (Å²) in [5, 5.41) is 4.72. The number of fused-ring (bicyclic) bond motifs is 5. The van der Waals surface area contributed by atoms with Crippen molar-refractivity contribution < 1.29 is 27.4 Å². The Balaban J connectivity index is 0.000000266. The van der Waals surface area contributed by atoms with Crippen molar-refractivity contribution in [3.8, 4) is 35.4 Å². The Bertz CT molecular complexity index is 1910. The van der Waals surface area contributed by atoms with Gasteiger partial charge in [0.25, 0.3) is 6.47 Å². The number of benzene rings is 2. The van der Waals surface area contributed by atoms with Crippen LogP contribution in [0.15, 0.2) is 30.5 Å². The SMILES string of the molecule is C#Cc1c(F)ccc2cc(OC=O)cc(-c3ncc4c(N5CC6CCC(C5)N6)nc(OC)nc4c3F)c12.CCC(C)C.F[C@@H]1CC2CCCN2C1. The van der Waals surface area contributed by atoms with Crippen LogP contribution < -0.4 is 19.7 Å². The second-order valence-electron chi connectivity index (χ2n) is 14.0. The molecule has 8 rings (SSSR count). The number of anilines is 1. The minimum absolute atomic E-state index is 0.00579. The van der Waals surface area contributed by atoms with Crippen LogP contribution in [0.3, 0.4) is 0 Å². The fourth-order valence-electron chi connectivity index (χ4n) is 7.40. The summed E-state index contributed by atoms with van der Waals surface area (Å²) < 4.78 is 53.9. The molecule has 1 N–H and O–H groups in total. The molecule has 2 bridgehead atoms. The first kappa shape index (κ1) is 36.3. The number of hydrogen-bond donors (Lipinski definition) is 1. The summed E-state index contributed by atoms with van der Waals surface area (Å²) in [7, 11) is 1.42. The van der Waals surface area contributed by atoms with Gasteiger partial charge in [0.2, 0.25) is 0 Å². The number of rotatable bonds is 6. The zero-order valence-electron chi connectivity index (χ0n) is 29.6. The molecule has 270 valence electrons. The first-order chi connectivity index (χ1) is 24.6. The van der Waals surface area contributed by atoms with Gasteiger partial charge in [-0.25, -0.2) is 13.2 Å². The lowest BCUT2D eigenvalue weighted by molar-refractivity contribution is -0.120. The highest BCUT2D eigenvalue weighted by atomic mass is 19.1. The van der Waals surface area contributed by atoms with Gasteiger partial charge in [0, 0.05) is 54.9 Å². The van der Waals surface area contributed by atoms with Gasteiger partial charge < -0.3 is 19.7 Å². The number of methoxy groups -OCH3 is 1. The fourth-order valence-corrected chi connectivity index (χ4v) is 7.40. The van der Waals surface area contributed by atoms with Gasteiger partial charge in [-0.3, -0.25) is 14.7 Å². The number of hydrogen-bond acceptors (Lipinski definition) is 9. The van der Waals surface area contributed by atoms with Gasteiger partial charge in [0.1, 0.15) is 34.8 Å². The number of ether oxygens (including phenoxy) is 2. The summed E-state index contributed by atoms with van der Waals surface area (Å²) in [5.41, 5.74) is -0.00136. The molecule has 0 saturated carbocycles. The Labute approximate surface area is 296 Å². The Hall–Kier alpha value is -4.47. The van der Waals surface area contributed by atoms with Gasteiger partial charge >= 0.3 is 6.01 Å². The number of carbonyl (C=O) groups excluding carboxylic acids is 1. The molecule has 4 saturated heterocycles. The molecule has 4 atom stereocenters. The third-order valence-corrected chi connectivity index (χ3v) is 10.2. The number of pyridine rings is 1. The van der Waals surface area contributed by atoms with Crippen LogP contribution in [0.2, 0.25) is 0 Å². The van der Waals surface area contributed by atoms with E-state index in [1.54, 1.807) is 0 Å². The minimum Gasteiger partial charge on any atom is -0.467 e. The van der Waals surface area contributed by atoms with Gasteiger partial charge in [-0.2, -0.15) is 9.97 Å². The van der Waals surface area contributed by atoms with Gasteiger partial charge in [0.15, 0.2) is 5.82 Å². The van der Waals surface area contributed by atoms with Crippen LogP contribution in [0.25, 0.3) is 32.9 Å². The van der Waals surface area contributed by atoms with Crippen LogP contribution in [-0.2, 0) is 4.79 Å². The largest absolute Gasteiger partial charge is 0.467 e. The third kappa shape index (κ3) is 7.75. The van der Waals surface area contributed by atoms with Crippen LogP contribution in [0.1, 0.15) is 64.9 Å². The number of piperazine rings is 1. The first-order valence-electron chi connectivity index (χ1n) is 17.8. The summed E-state index contributed by atoms with van der Waals surface area (Å²) in [5.74, 6) is 2.51. The number of halogens is 3. The topological polar surface area (TPSA) is 92.7 Å². The van der Waals surface area contributed by atoms with Crippen molar-refractivity contribution in [2.75, 3.05) is 38.2 Å². The summed E-state index contributed by atoms with van der Waals surface area (Å²) in [6.45, 7) is 10.2. The molecule has 2 aromatic carbocycles. The van der Waals surface area contributed by atoms with Crippen LogP contribution >= 0.6 is 0 Å². The molecule has 3 unspecified atom stereocenters. The molecule has 4 aliphatic heterocycles. The molecule has 0 spiro atoms. The molecule has 4 aliphatic rings. The molecule has 0 radical (unpaired) electrons. The highest BCUT2D eigenvalue weighted by Gasteiger charge is 2.35. The zero-order valence-corrected chi connectivity index (χ0v) is 29.6. The molecule has 0 amide bonds. The molecule has 0 aliphatic carbocycles. The van der Waals surface area contributed by atoms with Crippen molar-refractivity contribution in [2.24, 2.45) is 5.92 Å². The van der Waals surface area contributed by atoms with E-state index in [-0.39, 0.29) is 46.0 Å². The smallest absolute Gasteiger partial charge is 0.318 e. The van der Waals surface area contributed by atoms with Gasteiger partial charge in [-0.05, 0) is 68.2 Å². The summed E-state index contributed by atoms with van der Waals surface area (Å²) in [6.07, 6.45) is 13.4. The van der Waals surface area contributed by atoms with E-state index in [1.807, 2.05) is 0 Å². The number of aromatic nitrogens is 3. The van der Waals surface area contributed by atoms with E-state index < -0.39 is 17.8 Å². The summed E-state index contributed by atoms with van der Waals surface area (Å²) >= 11 is 0. The highest BCUT2D eigenvalue weighted by Crippen LogP contribution is 2.39. The van der Waals surface area contributed by atoms with Gasteiger partial charge in [-0.1, -0.05) is 39.2 Å². The number of nitrogens with one attached hydrogen (secondary N) is 1. The maximum absolute atomic E-state index is 16.3. The lowest BCUT2D eigenvalue weighted by atomic mass is 9.95. The van der Waals surface area contributed by atoms with E-state index in [0.29, 0.717) is 41.3 Å². The van der Waals surface area contributed by atoms with E-state index in [4.69, 9.17) is 15.9 Å². The lowest BCUT2D eigenvalue weighted by Gasteiger charge is -2.34.